The Morgan fingerprint density at radius 3 is 3.00 bits per heavy atom. The average molecular weight is 351 g/mol. The number of nitrogen functional groups attached to an aromatic ring is 1. The molecule has 0 amide bonds. The summed E-state index contributed by atoms with van der Waals surface area (Å²) in [5.41, 5.74) is 9.09. The van der Waals surface area contributed by atoms with Crippen molar-refractivity contribution in [3.8, 4) is 6.07 Å². The summed E-state index contributed by atoms with van der Waals surface area (Å²) < 4.78 is 0. The minimum atomic E-state index is -0.388. The first kappa shape index (κ1) is 15.4. The topological polar surface area (TPSA) is 109 Å². The van der Waals surface area contributed by atoms with E-state index in [1.165, 1.54) is 17.4 Å². The number of hydrogen-bond donors (Lipinski definition) is 1. The van der Waals surface area contributed by atoms with Crippen LogP contribution in [0.2, 0.25) is 0 Å². The molecular formula is C17H13N5O2S. The molecule has 7 nitrogen and oxygen atoms in total. The highest BCUT2D eigenvalue weighted by Crippen LogP contribution is 2.38. The van der Waals surface area contributed by atoms with Crippen LogP contribution in [0.1, 0.15) is 16.0 Å². The summed E-state index contributed by atoms with van der Waals surface area (Å²) in [4.78, 5) is 18.5. The summed E-state index contributed by atoms with van der Waals surface area (Å²) in [5.74, 6) is 0. The van der Waals surface area contributed by atoms with Crippen molar-refractivity contribution in [2.75, 3.05) is 17.2 Å². The fourth-order valence-electron chi connectivity index (χ4n) is 3.31. The van der Waals surface area contributed by atoms with Gasteiger partial charge in [0.2, 0.25) is 0 Å². The number of thiophene rings is 1. The van der Waals surface area contributed by atoms with Crippen molar-refractivity contribution in [2.45, 2.75) is 13.0 Å². The van der Waals surface area contributed by atoms with Crippen LogP contribution in [0.5, 0.6) is 0 Å². The van der Waals surface area contributed by atoms with Gasteiger partial charge in [0, 0.05) is 23.7 Å². The molecule has 0 bridgehead atoms. The van der Waals surface area contributed by atoms with E-state index < -0.39 is 0 Å². The fourth-order valence-corrected chi connectivity index (χ4v) is 4.39. The SMILES string of the molecule is N#Cc1c(N)sc2c1CCN(c1ccc([N+](=O)[O-])c3cccnc13)C2. The lowest BCUT2D eigenvalue weighted by atomic mass is 10.0. The van der Waals surface area contributed by atoms with Crippen LogP contribution in [0.15, 0.2) is 30.5 Å². The molecule has 124 valence electrons. The number of non-ortho nitro benzene ring substituents is 1. The van der Waals surface area contributed by atoms with E-state index in [0.29, 0.717) is 34.6 Å². The molecule has 0 spiro atoms. The van der Waals surface area contributed by atoms with E-state index in [2.05, 4.69) is 16.0 Å². The zero-order chi connectivity index (χ0) is 17.6. The molecule has 2 aromatic heterocycles. The van der Waals surface area contributed by atoms with Crippen molar-refractivity contribution in [3.05, 3.63) is 56.6 Å². The number of nitro groups is 1. The van der Waals surface area contributed by atoms with Crippen LogP contribution < -0.4 is 10.6 Å². The van der Waals surface area contributed by atoms with E-state index in [4.69, 9.17) is 5.73 Å². The lowest BCUT2D eigenvalue weighted by Crippen LogP contribution is -2.30. The van der Waals surface area contributed by atoms with Gasteiger partial charge in [-0.1, -0.05) is 0 Å². The summed E-state index contributed by atoms with van der Waals surface area (Å²) in [7, 11) is 0. The number of pyridine rings is 1. The number of aromatic nitrogens is 1. The summed E-state index contributed by atoms with van der Waals surface area (Å²) in [6, 6.07) is 8.88. The Kier molecular flexibility index (Phi) is 3.51. The predicted molar refractivity (Wildman–Crippen MR) is 96.6 cm³/mol. The molecule has 3 heterocycles. The molecule has 3 aromatic rings. The zero-order valence-corrected chi connectivity index (χ0v) is 13.9. The Hall–Kier alpha value is -3.18. The molecule has 1 aliphatic rings. The van der Waals surface area contributed by atoms with E-state index in [1.807, 2.05) is 0 Å². The standard InChI is InChI=1S/C17H13N5O2S/c18-8-12-10-5-7-21(9-15(10)25-17(12)19)14-4-3-13(22(23)24)11-2-1-6-20-16(11)14/h1-4,6H,5,7,9,19H2. The monoisotopic (exact) mass is 351 g/mol. The van der Waals surface area contributed by atoms with Gasteiger partial charge in [-0.2, -0.15) is 5.26 Å². The third kappa shape index (κ3) is 2.37. The Labute approximate surface area is 147 Å². The first-order valence-electron chi connectivity index (χ1n) is 7.67. The van der Waals surface area contributed by atoms with Crippen molar-refractivity contribution in [2.24, 2.45) is 0 Å². The molecule has 1 aromatic carbocycles. The van der Waals surface area contributed by atoms with Crippen LogP contribution in [0.4, 0.5) is 16.4 Å². The van der Waals surface area contributed by atoms with E-state index >= 15 is 0 Å². The molecule has 2 N–H and O–H groups in total. The predicted octanol–water partition coefficient (Wildman–Crippen LogP) is 3.22. The molecule has 1 aliphatic heterocycles. The molecule has 8 heteroatoms. The van der Waals surface area contributed by atoms with Crippen molar-refractivity contribution in [1.82, 2.24) is 4.98 Å². The van der Waals surface area contributed by atoms with Gasteiger partial charge in [0.25, 0.3) is 5.69 Å². The Bertz CT molecular complexity index is 1050. The highest BCUT2D eigenvalue weighted by molar-refractivity contribution is 7.16. The fraction of sp³-hybridized carbons (Fsp3) is 0.176. The molecule has 4 rings (SSSR count). The second-order valence-electron chi connectivity index (χ2n) is 5.79. The molecule has 0 unspecified atom stereocenters. The molecule has 0 saturated heterocycles. The van der Waals surface area contributed by atoms with Crippen LogP contribution in [0.3, 0.4) is 0 Å². The number of rotatable bonds is 2. The van der Waals surface area contributed by atoms with Crippen molar-refractivity contribution in [1.29, 1.82) is 5.26 Å². The number of nitro benzene ring substituents is 1. The average Bonchev–Trinajstić information content (AvgIpc) is 2.94. The normalized spacial score (nSPS) is 13.5. The van der Waals surface area contributed by atoms with Crippen molar-refractivity contribution >= 4 is 38.6 Å². The Morgan fingerprint density at radius 1 is 1.40 bits per heavy atom. The smallest absolute Gasteiger partial charge is 0.278 e. The van der Waals surface area contributed by atoms with E-state index in [0.717, 1.165) is 22.5 Å². The van der Waals surface area contributed by atoms with E-state index in [-0.39, 0.29) is 10.6 Å². The lowest BCUT2D eigenvalue weighted by molar-refractivity contribution is -0.383. The molecule has 0 saturated carbocycles. The van der Waals surface area contributed by atoms with Gasteiger partial charge in [-0.3, -0.25) is 15.1 Å². The first-order chi connectivity index (χ1) is 12.1. The van der Waals surface area contributed by atoms with Gasteiger partial charge in [-0.05, 0) is 30.2 Å². The highest BCUT2D eigenvalue weighted by atomic mass is 32.1. The Balaban J connectivity index is 1.80. The summed E-state index contributed by atoms with van der Waals surface area (Å²) in [6.45, 7) is 1.33. The minimum Gasteiger partial charge on any atom is -0.389 e. The van der Waals surface area contributed by atoms with Gasteiger partial charge in [-0.15, -0.1) is 11.3 Å². The minimum absolute atomic E-state index is 0.0525. The lowest BCUT2D eigenvalue weighted by Gasteiger charge is -2.29. The molecule has 0 radical (unpaired) electrons. The number of benzene rings is 1. The molecule has 25 heavy (non-hydrogen) atoms. The molecule has 0 fully saturated rings. The Morgan fingerprint density at radius 2 is 2.24 bits per heavy atom. The summed E-state index contributed by atoms with van der Waals surface area (Å²) in [6.07, 6.45) is 2.36. The molecule has 0 atom stereocenters. The van der Waals surface area contributed by atoms with Gasteiger partial charge in [0.05, 0.1) is 28.1 Å². The number of hydrogen-bond acceptors (Lipinski definition) is 7. The molecular weight excluding hydrogens is 338 g/mol. The van der Waals surface area contributed by atoms with Crippen LogP contribution in [0, 0.1) is 21.4 Å². The van der Waals surface area contributed by atoms with Crippen LogP contribution in [-0.2, 0) is 13.0 Å². The quantitative estimate of drug-likeness (QED) is 0.561. The summed E-state index contributed by atoms with van der Waals surface area (Å²) in [5, 5.41) is 21.6. The maximum absolute atomic E-state index is 11.3. The van der Waals surface area contributed by atoms with Gasteiger partial charge in [-0.25, -0.2) is 0 Å². The number of anilines is 2. The van der Waals surface area contributed by atoms with E-state index in [9.17, 15) is 15.4 Å². The summed E-state index contributed by atoms with van der Waals surface area (Å²) >= 11 is 1.44. The molecule has 0 aliphatic carbocycles. The van der Waals surface area contributed by atoms with Crippen LogP contribution in [0.25, 0.3) is 10.9 Å². The van der Waals surface area contributed by atoms with Gasteiger partial charge < -0.3 is 10.6 Å². The number of fused-ring (bicyclic) bond motifs is 2. The first-order valence-corrected chi connectivity index (χ1v) is 8.49. The number of nitrogens with zero attached hydrogens (tertiary/aromatic N) is 4. The largest absolute Gasteiger partial charge is 0.389 e. The highest BCUT2D eigenvalue weighted by Gasteiger charge is 2.26. The third-order valence-electron chi connectivity index (χ3n) is 4.46. The van der Waals surface area contributed by atoms with Crippen LogP contribution >= 0.6 is 11.3 Å². The van der Waals surface area contributed by atoms with Crippen molar-refractivity contribution < 1.29 is 4.92 Å². The van der Waals surface area contributed by atoms with Gasteiger partial charge in [0.1, 0.15) is 16.6 Å². The van der Waals surface area contributed by atoms with Crippen molar-refractivity contribution in [3.63, 3.8) is 0 Å². The van der Waals surface area contributed by atoms with E-state index in [1.54, 1.807) is 24.4 Å². The third-order valence-corrected chi connectivity index (χ3v) is 5.50. The van der Waals surface area contributed by atoms with Gasteiger partial charge in [0.15, 0.2) is 0 Å². The zero-order valence-electron chi connectivity index (χ0n) is 13.1. The van der Waals surface area contributed by atoms with Crippen LogP contribution in [-0.4, -0.2) is 16.5 Å². The maximum atomic E-state index is 11.3. The number of nitrogens with two attached hydrogens (primary N) is 1. The second kappa shape index (κ2) is 5.72. The number of nitriles is 1. The second-order valence-corrected chi connectivity index (χ2v) is 6.92. The maximum Gasteiger partial charge on any atom is 0.278 e. The van der Waals surface area contributed by atoms with Gasteiger partial charge >= 0.3 is 0 Å².